The summed E-state index contributed by atoms with van der Waals surface area (Å²) < 4.78 is 11.7. The first kappa shape index (κ1) is 17.1. The van der Waals surface area contributed by atoms with Gasteiger partial charge in [0.25, 0.3) is 0 Å². The van der Waals surface area contributed by atoms with E-state index in [2.05, 4.69) is 17.1 Å². The van der Waals surface area contributed by atoms with E-state index in [1.165, 1.54) is 0 Å². The quantitative estimate of drug-likeness (QED) is 0.569. The van der Waals surface area contributed by atoms with Gasteiger partial charge in [-0.15, -0.1) is 0 Å². The Balaban J connectivity index is 1.74. The molecule has 1 N–H and O–H groups in total. The van der Waals surface area contributed by atoms with Gasteiger partial charge < -0.3 is 14.2 Å². The lowest BCUT2D eigenvalue weighted by atomic mass is 9.82. The number of para-hydroxylation sites is 1. The van der Waals surface area contributed by atoms with E-state index in [9.17, 15) is 5.11 Å². The smallest absolute Gasteiger partial charge is 0.330 e. The molecule has 131 valence electrons. The molecule has 0 saturated carbocycles. The number of pyridine rings is 1. The van der Waals surface area contributed by atoms with Gasteiger partial charge in [0.1, 0.15) is 5.58 Å². The molecule has 0 aliphatic heterocycles. The van der Waals surface area contributed by atoms with Crippen LogP contribution in [0, 0.1) is 0 Å². The zero-order chi connectivity index (χ0) is 18.5. The summed E-state index contributed by atoms with van der Waals surface area (Å²) in [5.41, 5.74) is 0.751. The lowest BCUT2D eigenvalue weighted by Crippen LogP contribution is -2.49. The summed E-state index contributed by atoms with van der Waals surface area (Å²) in [5, 5.41) is 14.4. The van der Waals surface area contributed by atoms with Gasteiger partial charge in [-0.25, -0.2) is 4.98 Å². The van der Waals surface area contributed by atoms with E-state index < -0.39 is 11.2 Å². The first-order valence-corrected chi connectivity index (χ1v) is 8.70. The van der Waals surface area contributed by atoms with Crippen molar-refractivity contribution in [3.8, 4) is 0 Å². The van der Waals surface area contributed by atoms with Crippen molar-refractivity contribution < 1.29 is 14.2 Å². The van der Waals surface area contributed by atoms with E-state index >= 15 is 0 Å². The number of nitrogens with zero attached hydrogens (tertiary/aromatic N) is 1. The molecule has 4 nitrogen and oxygen atoms in total. The Kier molecular flexibility index (Phi) is 3.83. The molecular weight excluding hydrogens is 325 g/mol. The average Bonchev–Trinajstić information content (AvgIpc) is 2.97. The van der Waals surface area contributed by atoms with Crippen LogP contribution in [0.2, 0.25) is 0 Å². The second kappa shape index (κ2) is 5.83. The van der Waals surface area contributed by atoms with Crippen molar-refractivity contribution in [2.45, 2.75) is 38.9 Å². The molecule has 4 aromatic rings. The maximum Gasteiger partial charge on any atom is 0.330 e. The molecule has 0 fully saturated rings. The molecule has 2 heterocycles. The van der Waals surface area contributed by atoms with Crippen molar-refractivity contribution in [2.75, 3.05) is 0 Å². The van der Waals surface area contributed by atoms with Gasteiger partial charge in [0.2, 0.25) is 5.71 Å². The minimum absolute atomic E-state index is 0.648. The highest BCUT2D eigenvalue weighted by Crippen LogP contribution is 2.32. The van der Waals surface area contributed by atoms with E-state index in [0.29, 0.717) is 5.71 Å². The van der Waals surface area contributed by atoms with Crippen LogP contribution in [0.15, 0.2) is 53.1 Å². The van der Waals surface area contributed by atoms with Gasteiger partial charge in [-0.3, -0.25) is 0 Å². The van der Waals surface area contributed by atoms with Crippen LogP contribution >= 0.6 is 0 Å². The van der Waals surface area contributed by atoms with Crippen LogP contribution in [0.1, 0.15) is 27.7 Å². The van der Waals surface area contributed by atoms with E-state index in [4.69, 9.17) is 9.07 Å². The van der Waals surface area contributed by atoms with Crippen molar-refractivity contribution in [3.05, 3.63) is 48.7 Å². The summed E-state index contributed by atoms with van der Waals surface area (Å²) in [7, 11) is 1.69. The van der Waals surface area contributed by atoms with Gasteiger partial charge in [-0.05, 0) is 39.1 Å². The SMILES string of the molecule is CC(C)(O)C(C)(C)O[B]c1ccc2c(cnc3oc4ccccc4c32)c1. The van der Waals surface area contributed by atoms with Gasteiger partial charge in [0.05, 0.1) is 16.6 Å². The second-order valence-corrected chi connectivity index (χ2v) is 7.69. The third kappa shape index (κ3) is 2.77. The summed E-state index contributed by atoms with van der Waals surface area (Å²) in [5.74, 6) is 0. The number of benzene rings is 2. The fourth-order valence-corrected chi connectivity index (χ4v) is 2.86. The molecule has 0 aliphatic carbocycles. The molecule has 0 bridgehead atoms. The van der Waals surface area contributed by atoms with Gasteiger partial charge in [0.15, 0.2) is 0 Å². The average molecular weight is 346 g/mol. The third-order valence-electron chi connectivity index (χ3n) is 5.21. The van der Waals surface area contributed by atoms with E-state index in [1.54, 1.807) is 21.3 Å². The van der Waals surface area contributed by atoms with Gasteiger partial charge in [0, 0.05) is 17.0 Å². The predicted octanol–water partition coefficient (Wildman–Crippen LogP) is 3.94. The Labute approximate surface area is 153 Å². The lowest BCUT2D eigenvalue weighted by molar-refractivity contribution is -0.0893. The molecule has 0 saturated heterocycles. The molecule has 1 radical (unpaired) electrons. The zero-order valence-electron chi connectivity index (χ0n) is 15.4. The Hall–Kier alpha value is -2.37. The van der Waals surface area contributed by atoms with E-state index in [-0.39, 0.29) is 0 Å². The number of hydrogen-bond donors (Lipinski definition) is 1. The predicted molar refractivity (Wildman–Crippen MR) is 106 cm³/mol. The minimum atomic E-state index is -0.955. The van der Waals surface area contributed by atoms with Crippen LogP contribution < -0.4 is 5.46 Å². The van der Waals surface area contributed by atoms with Crippen molar-refractivity contribution in [3.63, 3.8) is 0 Å². The number of aromatic nitrogens is 1. The van der Waals surface area contributed by atoms with Crippen LogP contribution in [-0.4, -0.2) is 28.8 Å². The van der Waals surface area contributed by atoms with E-state index in [1.807, 2.05) is 50.4 Å². The van der Waals surface area contributed by atoms with Crippen LogP contribution in [0.3, 0.4) is 0 Å². The molecular formula is C21H21BNO3. The second-order valence-electron chi connectivity index (χ2n) is 7.69. The maximum absolute atomic E-state index is 10.2. The lowest BCUT2D eigenvalue weighted by Gasteiger charge is -2.37. The molecule has 0 atom stereocenters. The van der Waals surface area contributed by atoms with Gasteiger partial charge >= 0.3 is 7.48 Å². The number of rotatable bonds is 4. The molecule has 0 unspecified atom stereocenters. The van der Waals surface area contributed by atoms with Crippen LogP contribution in [-0.2, 0) is 4.65 Å². The fourth-order valence-electron chi connectivity index (χ4n) is 2.86. The van der Waals surface area contributed by atoms with Crippen molar-refractivity contribution in [2.24, 2.45) is 0 Å². The summed E-state index contributed by atoms with van der Waals surface area (Å²) in [6, 6.07) is 14.1. The van der Waals surface area contributed by atoms with Gasteiger partial charge in [-0.1, -0.05) is 41.9 Å². The number of hydrogen-bond acceptors (Lipinski definition) is 4. The molecule has 0 spiro atoms. The molecule has 0 aliphatic rings. The Bertz CT molecular complexity index is 1110. The first-order valence-electron chi connectivity index (χ1n) is 8.70. The third-order valence-corrected chi connectivity index (χ3v) is 5.21. The minimum Gasteiger partial charge on any atom is -0.438 e. The Morgan fingerprint density at radius 2 is 1.81 bits per heavy atom. The largest absolute Gasteiger partial charge is 0.438 e. The number of fused-ring (bicyclic) bond motifs is 5. The summed E-state index contributed by atoms with van der Waals surface area (Å²) in [4.78, 5) is 4.47. The molecule has 5 heteroatoms. The number of furan rings is 1. The van der Waals surface area contributed by atoms with Gasteiger partial charge in [-0.2, -0.15) is 0 Å². The molecule has 26 heavy (non-hydrogen) atoms. The molecule has 2 aromatic carbocycles. The summed E-state index contributed by atoms with van der Waals surface area (Å²) in [6.45, 7) is 7.22. The molecule has 0 amide bonds. The summed E-state index contributed by atoms with van der Waals surface area (Å²) >= 11 is 0. The monoisotopic (exact) mass is 346 g/mol. The standard InChI is InChI=1S/C21H21BNO3/c1-20(2,24)21(3,4)26-22-14-9-10-15-13(11-14)12-23-19-18(15)16-7-5-6-8-17(16)25-19/h5-12,24H,1-4H3. The highest BCUT2D eigenvalue weighted by molar-refractivity contribution is 6.47. The van der Waals surface area contributed by atoms with Crippen LogP contribution in [0.5, 0.6) is 0 Å². The van der Waals surface area contributed by atoms with E-state index in [0.717, 1.165) is 32.6 Å². The van der Waals surface area contributed by atoms with Crippen molar-refractivity contribution >= 4 is 45.8 Å². The first-order chi connectivity index (χ1) is 12.3. The van der Waals surface area contributed by atoms with Crippen molar-refractivity contribution in [1.29, 1.82) is 0 Å². The van der Waals surface area contributed by atoms with Crippen molar-refractivity contribution in [1.82, 2.24) is 4.98 Å². The highest BCUT2D eigenvalue weighted by Gasteiger charge is 2.35. The van der Waals surface area contributed by atoms with Crippen LogP contribution in [0.4, 0.5) is 0 Å². The molecule has 4 rings (SSSR count). The maximum atomic E-state index is 10.2. The normalized spacial score (nSPS) is 13.0. The Morgan fingerprint density at radius 3 is 2.58 bits per heavy atom. The number of aliphatic hydroxyl groups is 1. The highest BCUT2D eigenvalue weighted by atomic mass is 16.5. The zero-order valence-corrected chi connectivity index (χ0v) is 15.4. The Morgan fingerprint density at radius 1 is 1.04 bits per heavy atom. The topological polar surface area (TPSA) is 55.5 Å². The summed E-state index contributed by atoms with van der Waals surface area (Å²) in [6.07, 6.45) is 1.82. The molecule has 2 aromatic heterocycles. The fraction of sp³-hybridized carbons (Fsp3) is 0.286. The van der Waals surface area contributed by atoms with Crippen LogP contribution in [0.25, 0.3) is 32.8 Å².